The van der Waals surface area contributed by atoms with E-state index < -0.39 is 5.60 Å². The molecule has 1 aromatic heterocycles. The average Bonchev–Trinajstić information content (AvgIpc) is 3.15. The van der Waals surface area contributed by atoms with Crippen LogP contribution in [0.5, 0.6) is 17.2 Å². The van der Waals surface area contributed by atoms with Crippen LogP contribution in [0.15, 0.2) is 34.7 Å². The zero-order chi connectivity index (χ0) is 23.8. The minimum atomic E-state index is -0.514. The first-order chi connectivity index (χ1) is 15.8. The molecule has 0 spiro atoms. The van der Waals surface area contributed by atoms with E-state index in [1.807, 2.05) is 32.0 Å². The topological polar surface area (TPSA) is 87.0 Å². The van der Waals surface area contributed by atoms with Crippen molar-refractivity contribution in [2.75, 3.05) is 20.8 Å². The molecule has 0 aliphatic carbocycles. The van der Waals surface area contributed by atoms with Crippen molar-refractivity contribution in [1.29, 1.82) is 0 Å². The summed E-state index contributed by atoms with van der Waals surface area (Å²) in [6, 6.07) is 9.17. The molecule has 7 nitrogen and oxygen atoms in total. The van der Waals surface area contributed by atoms with Crippen LogP contribution in [0.4, 0.5) is 0 Å². The van der Waals surface area contributed by atoms with Crippen LogP contribution in [0.1, 0.15) is 58.7 Å². The second kappa shape index (κ2) is 8.81. The number of ketones is 1. The van der Waals surface area contributed by atoms with Gasteiger partial charge >= 0.3 is 0 Å². The number of amides is 1. The monoisotopic (exact) mass is 451 g/mol. The van der Waals surface area contributed by atoms with Crippen molar-refractivity contribution in [1.82, 2.24) is 5.32 Å². The van der Waals surface area contributed by atoms with Crippen molar-refractivity contribution in [2.24, 2.45) is 0 Å². The third-order valence-corrected chi connectivity index (χ3v) is 6.33. The summed E-state index contributed by atoms with van der Waals surface area (Å²) in [5.41, 5.74) is 2.14. The maximum atomic E-state index is 13.0. The second-order valence-corrected chi connectivity index (χ2v) is 8.57. The largest absolute Gasteiger partial charge is 0.493 e. The predicted molar refractivity (Wildman–Crippen MR) is 125 cm³/mol. The summed E-state index contributed by atoms with van der Waals surface area (Å²) in [5.74, 6) is 1.75. The summed E-state index contributed by atoms with van der Waals surface area (Å²) < 4.78 is 22.6. The van der Waals surface area contributed by atoms with Gasteiger partial charge in [0.15, 0.2) is 23.0 Å². The van der Waals surface area contributed by atoms with Crippen LogP contribution in [-0.2, 0) is 6.42 Å². The number of fused-ring (bicyclic) bond motifs is 3. The molecule has 33 heavy (non-hydrogen) atoms. The molecule has 4 rings (SSSR count). The number of ether oxygens (including phenoxy) is 3. The molecule has 1 N–H and O–H groups in total. The van der Waals surface area contributed by atoms with E-state index in [1.54, 1.807) is 33.3 Å². The number of carbonyl (C=O) groups is 2. The van der Waals surface area contributed by atoms with Gasteiger partial charge in [0.1, 0.15) is 16.9 Å². The molecule has 1 unspecified atom stereocenters. The molecular formula is C26H29NO6. The van der Waals surface area contributed by atoms with E-state index in [9.17, 15) is 9.59 Å². The van der Waals surface area contributed by atoms with E-state index in [4.69, 9.17) is 18.6 Å². The number of rotatable bonds is 7. The van der Waals surface area contributed by atoms with E-state index in [0.717, 1.165) is 12.0 Å². The number of furan rings is 1. The number of hydrogen-bond acceptors (Lipinski definition) is 6. The number of methoxy groups -OCH3 is 2. The predicted octanol–water partition coefficient (Wildman–Crippen LogP) is 4.86. The van der Waals surface area contributed by atoms with Crippen LogP contribution in [0.2, 0.25) is 0 Å². The lowest BCUT2D eigenvalue weighted by atomic mass is 9.87. The van der Waals surface area contributed by atoms with Gasteiger partial charge in [0.05, 0.1) is 26.2 Å². The molecule has 1 aliphatic rings. The van der Waals surface area contributed by atoms with Crippen LogP contribution < -0.4 is 19.5 Å². The highest BCUT2D eigenvalue weighted by Crippen LogP contribution is 2.41. The van der Waals surface area contributed by atoms with E-state index >= 15 is 0 Å². The highest BCUT2D eigenvalue weighted by Gasteiger charge is 2.37. The normalized spacial score (nSPS) is 17.4. The lowest BCUT2D eigenvalue weighted by Crippen LogP contribution is -2.38. The maximum Gasteiger partial charge on any atom is 0.287 e. The second-order valence-electron chi connectivity index (χ2n) is 8.57. The molecule has 174 valence electrons. The zero-order valence-electron chi connectivity index (χ0n) is 19.7. The van der Waals surface area contributed by atoms with Gasteiger partial charge in [0.2, 0.25) is 0 Å². The Labute approximate surface area is 193 Å². The van der Waals surface area contributed by atoms with Crippen molar-refractivity contribution >= 4 is 22.7 Å². The van der Waals surface area contributed by atoms with Crippen molar-refractivity contribution in [3.8, 4) is 17.2 Å². The van der Waals surface area contributed by atoms with Gasteiger partial charge in [-0.25, -0.2) is 0 Å². The van der Waals surface area contributed by atoms with Gasteiger partial charge in [-0.15, -0.1) is 0 Å². The van der Waals surface area contributed by atoms with Gasteiger partial charge in [-0.2, -0.15) is 0 Å². The molecule has 3 aromatic rings. The first-order valence-electron chi connectivity index (χ1n) is 11.1. The summed E-state index contributed by atoms with van der Waals surface area (Å²) in [6.07, 6.45) is 1.64. The van der Waals surface area contributed by atoms with E-state index in [-0.39, 0.29) is 17.5 Å². The lowest BCUT2D eigenvalue weighted by molar-refractivity contribution is 0.0503. The lowest BCUT2D eigenvalue weighted by Gasteiger charge is -2.34. The molecular weight excluding hydrogens is 422 g/mol. The number of carbonyl (C=O) groups excluding carboxylic acids is 2. The third-order valence-electron chi connectivity index (χ3n) is 6.33. The van der Waals surface area contributed by atoms with Crippen molar-refractivity contribution in [3.05, 3.63) is 52.8 Å². The summed E-state index contributed by atoms with van der Waals surface area (Å²) in [6.45, 7) is 6.16. The summed E-state index contributed by atoms with van der Waals surface area (Å²) >= 11 is 0. The summed E-state index contributed by atoms with van der Waals surface area (Å²) in [5, 5.41) is 3.56. The highest BCUT2D eigenvalue weighted by atomic mass is 16.5. The van der Waals surface area contributed by atoms with Crippen LogP contribution in [0.25, 0.3) is 11.0 Å². The Hall–Kier alpha value is -3.48. The van der Waals surface area contributed by atoms with Gasteiger partial charge in [-0.1, -0.05) is 13.0 Å². The van der Waals surface area contributed by atoms with Gasteiger partial charge in [0, 0.05) is 17.5 Å². The molecule has 2 heterocycles. The minimum absolute atomic E-state index is 0.00973. The van der Waals surface area contributed by atoms with Gasteiger partial charge in [0.25, 0.3) is 5.91 Å². The molecule has 2 aromatic carbocycles. The number of nitrogens with one attached hydrogen (secondary N) is 1. The Balaban J connectivity index is 1.53. The van der Waals surface area contributed by atoms with E-state index in [2.05, 4.69) is 5.32 Å². The van der Waals surface area contributed by atoms with Crippen molar-refractivity contribution < 1.29 is 28.2 Å². The number of benzene rings is 2. The maximum absolute atomic E-state index is 13.0. The van der Waals surface area contributed by atoms with Gasteiger partial charge in [-0.05, 0) is 56.5 Å². The molecule has 1 atom stereocenters. The molecule has 7 heteroatoms. The first-order valence-corrected chi connectivity index (χ1v) is 11.1. The van der Waals surface area contributed by atoms with Crippen molar-refractivity contribution in [2.45, 2.75) is 45.6 Å². The van der Waals surface area contributed by atoms with Crippen LogP contribution in [-0.4, -0.2) is 38.1 Å². The molecule has 0 radical (unpaired) electrons. The number of Topliss-reactive ketones (excluding diaryl/α,β-unsaturated/α-hetero) is 1. The zero-order valence-corrected chi connectivity index (χ0v) is 19.7. The quantitative estimate of drug-likeness (QED) is 0.552. The molecule has 0 saturated carbocycles. The van der Waals surface area contributed by atoms with E-state index in [1.165, 1.54) is 0 Å². The Morgan fingerprint density at radius 1 is 1.15 bits per heavy atom. The van der Waals surface area contributed by atoms with Gasteiger partial charge < -0.3 is 23.9 Å². The molecule has 0 fully saturated rings. The van der Waals surface area contributed by atoms with Gasteiger partial charge in [-0.3, -0.25) is 9.59 Å². The third kappa shape index (κ3) is 4.15. The number of aryl methyl sites for hydroxylation is 1. The fourth-order valence-corrected chi connectivity index (χ4v) is 4.26. The first kappa shape index (κ1) is 22.7. The molecule has 0 bridgehead atoms. The molecule has 1 amide bonds. The van der Waals surface area contributed by atoms with Crippen LogP contribution >= 0.6 is 0 Å². The number of hydrogen-bond donors (Lipinski definition) is 1. The van der Waals surface area contributed by atoms with Crippen LogP contribution in [0.3, 0.4) is 0 Å². The van der Waals surface area contributed by atoms with E-state index in [0.29, 0.717) is 58.7 Å². The van der Waals surface area contributed by atoms with Crippen LogP contribution in [0, 0.1) is 6.92 Å². The average molecular weight is 452 g/mol. The summed E-state index contributed by atoms with van der Waals surface area (Å²) in [7, 11) is 3.18. The highest BCUT2D eigenvalue weighted by molar-refractivity contribution is 6.13. The molecule has 1 aliphatic heterocycles. The Morgan fingerprint density at radius 3 is 2.61 bits per heavy atom. The fraction of sp³-hybridized carbons (Fsp3) is 0.385. The minimum Gasteiger partial charge on any atom is -0.493 e. The smallest absolute Gasteiger partial charge is 0.287 e. The summed E-state index contributed by atoms with van der Waals surface area (Å²) in [4.78, 5) is 25.9. The molecule has 0 saturated heterocycles. The SMILES string of the molecule is CCC1(C)CC(=O)c2c(ccc3oc(C(=O)NCCc4ccc(OC)c(OC)c4)c(C)c23)O1. The Kier molecular flexibility index (Phi) is 6.06. The standard InChI is InChI=1S/C26H29NO6/c1-6-26(3)14-17(28)23-20(33-26)10-9-19-22(23)15(2)24(32-19)25(29)27-12-11-16-7-8-18(30-4)21(13-16)31-5/h7-10,13H,6,11-12,14H2,1-5H3,(H,27,29). The Morgan fingerprint density at radius 2 is 1.91 bits per heavy atom. The van der Waals surface area contributed by atoms with Crippen molar-refractivity contribution in [3.63, 3.8) is 0 Å². The fourth-order valence-electron chi connectivity index (χ4n) is 4.26. The Bertz CT molecular complexity index is 1230.